The van der Waals surface area contributed by atoms with Crippen LogP contribution >= 0.6 is 0 Å². The van der Waals surface area contributed by atoms with Gasteiger partial charge in [-0.15, -0.1) is 5.10 Å². The van der Waals surface area contributed by atoms with Crippen LogP contribution in [0.3, 0.4) is 0 Å². The zero-order valence-corrected chi connectivity index (χ0v) is 16.0. The molecule has 0 aliphatic rings. The molecule has 2 rings (SSSR count). The topological polar surface area (TPSA) is 61.2 Å². The number of aromatic nitrogens is 2. The molecule has 5 nitrogen and oxygen atoms in total. The van der Waals surface area contributed by atoms with Crippen molar-refractivity contribution in [3.8, 4) is 11.6 Å². The summed E-state index contributed by atoms with van der Waals surface area (Å²) < 4.78 is 131. The lowest BCUT2D eigenvalue weighted by Crippen LogP contribution is -2.41. The Morgan fingerprint density at radius 3 is 2.23 bits per heavy atom. The summed E-state index contributed by atoms with van der Waals surface area (Å²) in [5.41, 5.74) is -1.40. The molecule has 1 aromatic heterocycles. The normalized spacial score (nSPS) is 13.9. The molecule has 0 saturated carbocycles. The maximum atomic E-state index is 14.4. The van der Waals surface area contributed by atoms with E-state index in [2.05, 4.69) is 9.84 Å². The third kappa shape index (κ3) is 5.77. The third-order valence-electron chi connectivity index (χ3n) is 3.66. The Morgan fingerprint density at radius 2 is 1.71 bits per heavy atom. The van der Waals surface area contributed by atoms with Gasteiger partial charge in [0.1, 0.15) is 23.0 Å². The Hall–Kier alpha value is -2.58. The first kappa shape index (κ1) is 24.7. The first-order valence-electron chi connectivity index (χ1n) is 7.94. The van der Waals surface area contributed by atoms with Crippen LogP contribution in [-0.4, -0.2) is 50.9 Å². The van der Waals surface area contributed by atoms with E-state index in [-0.39, 0.29) is 11.8 Å². The van der Waals surface area contributed by atoms with Crippen molar-refractivity contribution >= 4 is 17.1 Å². The van der Waals surface area contributed by atoms with Crippen LogP contribution in [0, 0.1) is 12.7 Å². The summed E-state index contributed by atoms with van der Waals surface area (Å²) >= 11 is 0. The van der Waals surface area contributed by atoms with E-state index in [0.29, 0.717) is 22.9 Å². The Morgan fingerprint density at radius 1 is 1.10 bits per heavy atom. The summed E-state index contributed by atoms with van der Waals surface area (Å²) in [4.78, 5) is 10.7. The second-order valence-electron chi connectivity index (χ2n) is 6.10. The quantitative estimate of drug-likeness (QED) is 0.434. The van der Waals surface area contributed by atoms with Crippen LogP contribution in [0.15, 0.2) is 23.1 Å². The second-order valence-corrected chi connectivity index (χ2v) is 7.52. The van der Waals surface area contributed by atoms with Crippen molar-refractivity contribution in [1.82, 2.24) is 9.78 Å². The van der Waals surface area contributed by atoms with Gasteiger partial charge in [0, 0.05) is 11.0 Å². The predicted molar refractivity (Wildman–Crippen MR) is 87.5 cm³/mol. The van der Waals surface area contributed by atoms with Crippen LogP contribution in [0.1, 0.15) is 16.1 Å². The summed E-state index contributed by atoms with van der Waals surface area (Å²) in [5.74, 6) is -9.07. The lowest BCUT2D eigenvalue weighted by Gasteiger charge is -2.18. The number of aldehydes is 1. The number of hydrogen-bond acceptors (Lipinski definition) is 4. The molecule has 0 amide bonds. The Labute approximate surface area is 170 Å². The van der Waals surface area contributed by atoms with Crippen molar-refractivity contribution < 1.29 is 53.3 Å². The van der Waals surface area contributed by atoms with Crippen LogP contribution < -0.4 is 4.74 Å². The number of nitrogens with zero attached hydrogens (tertiary/aromatic N) is 2. The number of alkyl halides is 8. The van der Waals surface area contributed by atoms with E-state index in [1.54, 1.807) is 0 Å². The monoisotopic (exact) mass is 482 g/mol. The standard InChI is InChI=1S/C16H11F9N2O3S/c1-8-2-10(17)11(4-12(8)31(29)7-15(20,21)22)27-9(5-28)3-13(26-27)30-6-14(18,19)16(23,24)25/h2-5H,6-7H2,1H3. The highest BCUT2D eigenvalue weighted by Gasteiger charge is 2.58. The molecular formula is C16H11F9N2O3S. The predicted octanol–water partition coefficient (Wildman–Crippen LogP) is 4.38. The molecule has 1 unspecified atom stereocenters. The zero-order chi connectivity index (χ0) is 23.8. The number of halogens is 9. The molecule has 172 valence electrons. The van der Waals surface area contributed by atoms with Gasteiger partial charge in [-0.05, 0) is 24.6 Å². The highest BCUT2D eigenvalue weighted by Crippen LogP contribution is 2.36. The number of ether oxygens (including phenoxy) is 1. The van der Waals surface area contributed by atoms with Gasteiger partial charge in [-0.2, -0.15) is 35.1 Å². The Balaban J connectivity index is 2.43. The van der Waals surface area contributed by atoms with Gasteiger partial charge in [-0.25, -0.2) is 9.07 Å². The van der Waals surface area contributed by atoms with Gasteiger partial charge in [0.05, 0.1) is 10.8 Å². The molecule has 0 spiro atoms. The minimum Gasteiger partial charge on any atom is -0.470 e. The number of aryl methyl sites for hydroxylation is 1. The molecule has 0 fully saturated rings. The second kappa shape index (κ2) is 8.51. The highest BCUT2D eigenvalue weighted by molar-refractivity contribution is 7.85. The molecule has 0 aliphatic carbocycles. The number of carbonyl (C=O) groups is 1. The lowest BCUT2D eigenvalue weighted by molar-refractivity contribution is -0.290. The molecule has 0 N–H and O–H groups in total. The zero-order valence-electron chi connectivity index (χ0n) is 15.2. The fourth-order valence-electron chi connectivity index (χ4n) is 2.24. The van der Waals surface area contributed by atoms with Crippen LogP contribution in [-0.2, 0) is 10.8 Å². The summed E-state index contributed by atoms with van der Waals surface area (Å²) in [6, 6.07) is 2.01. The van der Waals surface area contributed by atoms with Crippen LogP contribution in [0.5, 0.6) is 5.88 Å². The molecule has 1 atom stereocenters. The Kier molecular flexibility index (Phi) is 6.78. The van der Waals surface area contributed by atoms with E-state index < -0.39 is 69.4 Å². The van der Waals surface area contributed by atoms with Gasteiger partial charge >= 0.3 is 18.3 Å². The molecule has 15 heteroatoms. The number of carbonyl (C=O) groups excluding carboxylic acids is 1. The molecule has 0 bridgehead atoms. The van der Waals surface area contributed by atoms with Gasteiger partial charge in [0.2, 0.25) is 5.88 Å². The highest BCUT2D eigenvalue weighted by atomic mass is 32.2. The summed E-state index contributed by atoms with van der Waals surface area (Å²) in [6.45, 7) is -1.02. The van der Waals surface area contributed by atoms with Gasteiger partial charge in [0.15, 0.2) is 12.9 Å². The lowest BCUT2D eigenvalue weighted by atomic mass is 10.2. The molecule has 2 aromatic rings. The van der Waals surface area contributed by atoms with E-state index in [4.69, 9.17) is 0 Å². The van der Waals surface area contributed by atoms with Crippen LogP contribution in [0.2, 0.25) is 0 Å². The molecule has 0 saturated heterocycles. The molecule has 0 aliphatic heterocycles. The fourth-order valence-corrected chi connectivity index (χ4v) is 3.36. The van der Waals surface area contributed by atoms with E-state index in [0.717, 1.165) is 0 Å². The van der Waals surface area contributed by atoms with E-state index in [1.165, 1.54) is 6.92 Å². The molecule has 1 aromatic carbocycles. The van der Waals surface area contributed by atoms with Crippen molar-refractivity contribution in [2.45, 2.75) is 30.1 Å². The maximum Gasteiger partial charge on any atom is 0.456 e. The molecule has 0 radical (unpaired) electrons. The van der Waals surface area contributed by atoms with Crippen molar-refractivity contribution in [3.63, 3.8) is 0 Å². The Bertz CT molecular complexity index is 999. The first-order chi connectivity index (χ1) is 14.1. The van der Waals surface area contributed by atoms with E-state index in [9.17, 15) is 48.5 Å². The average molecular weight is 482 g/mol. The van der Waals surface area contributed by atoms with Crippen molar-refractivity contribution in [2.24, 2.45) is 0 Å². The minimum absolute atomic E-state index is 0.0212. The van der Waals surface area contributed by atoms with Gasteiger partial charge < -0.3 is 4.74 Å². The van der Waals surface area contributed by atoms with Crippen molar-refractivity contribution in [2.75, 3.05) is 12.4 Å². The first-order valence-corrected chi connectivity index (χ1v) is 9.26. The number of hydrogen-bond donors (Lipinski definition) is 0. The minimum atomic E-state index is -5.93. The number of benzene rings is 1. The van der Waals surface area contributed by atoms with Crippen LogP contribution in [0.25, 0.3) is 5.69 Å². The van der Waals surface area contributed by atoms with Gasteiger partial charge in [0.25, 0.3) is 0 Å². The summed E-state index contributed by atoms with van der Waals surface area (Å²) in [6.07, 6.45) is -10.7. The van der Waals surface area contributed by atoms with Gasteiger partial charge in [-0.1, -0.05) is 0 Å². The largest absolute Gasteiger partial charge is 0.470 e. The molecular weight excluding hydrogens is 471 g/mol. The maximum absolute atomic E-state index is 14.4. The van der Waals surface area contributed by atoms with E-state index >= 15 is 0 Å². The van der Waals surface area contributed by atoms with Crippen molar-refractivity contribution in [1.29, 1.82) is 0 Å². The van der Waals surface area contributed by atoms with Crippen LogP contribution in [0.4, 0.5) is 39.5 Å². The van der Waals surface area contributed by atoms with E-state index in [1.807, 2.05) is 0 Å². The summed E-state index contributed by atoms with van der Waals surface area (Å²) in [7, 11) is -2.66. The van der Waals surface area contributed by atoms with Crippen molar-refractivity contribution in [3.05, 3.63) is 35.3 Å². The average Bonchev–Trinajstić information content (AvgIpc) is 3.00. The number of rotatable bonds is 7. The van der Waals surface area contributed by atoms with Gasteiger partial charge in [-0.3, -0.25) is 9.00 Å². The molecule has 1 heterocycles. The fraction of sp³-hybridized carbons (Fsp3) is 0.375. The summed E-state index contributed by atoms with van der Waals surface area (Å²) in [5, 5.41) is 3.40. The SMILES string of the molecule is Cc1cc(F)c(-n2nc(OCC(F)(F)C(F)(F)F)cc2C=O)cc1S(=O)CC(F)(F)F. The third-order valence-corrected chi connectivity index (χ3v) is 5.18. The molecule has 31 heavy (non-hydrogen) atoms. The smallest absolute Gasteiger partial charge is 0.456 e.